The second-order valence-corrected chi connectivity index (χ2v) is 5.23. The maximum atomic E-state index is 11.8. The zero-order valence-electron chi connectivity index (χ0n) is 11.2. The van der Waals surface area contributed by atoms with Gasteiger partial charge in [-0.1, -0.05) is 32.3 Å². The maximum Gasteiger partial charge on any atom is 0.223 e. The van der Waals surface area contributed by atoms with E-state index in [9.17, 15) is 4.79 Å². The molecule has 1 rings (SSSR count). The Morgan fingerprint density at radius 2 is 2.06 bits per heavy atom. The molecule has 1 saturated carbocycles. The van der Waals surface area contributed by atoms with Crippen molar-refractivity contribution in [2.45, 2.75) is 58.3 Å². The lowest BCUT2D eigenvalue weighted by Crippen LogP contribution is -2.33. The van der Waals surface area contributed by atoms with Gasteiger partial charge in [-0.2, -0.15) is 0 Å². The van der Waals surface area contributed by atoms with E-state index in [1.165, 1.54) is 32.1 Å². The second kappa shape index (κ2) is 8.32. The standard InChI is InChI=1S/C15H27NO/c1-3-5-7-13-8-10-14(11-9-13)15(17)16-12-6-4-2/h4,13-14H,2-3,5-12H2,1H3,(H,16,17). The predicted octanol–water partition coefficient (Wildman–Crippen LogP) is 3.68. The second-order valence-electron chi connectivity index (χ2n) is 5.23. The summed E-state index contributed by atoms with van der Waals surface area (Å²) >= 11 is 0. The quantitative estimate of drug-likeness (QED) is 0.531. The first-order chi connectivity index (χ1) is 8.27. The van der Waals surface area contributed by atoms with E-state index < -0.39 is 0 Å². The van der Waals surface area contributed by atoms with E-state index in [1.807, 2.05) is 6.08 Å². The van der Waals surface area contributed by atoms with Gasteiger partial charge in [0.1, 0.15) is 0 Å². The summed E-state index contributed by atoms with van der Waals surface area (Å²) in [7, 11) is 0. The van der Waals surface area contributed by atoms with E-state index in [-0.39, 0.29) is 11.8 Å². The highest BCUT2D eigenvalue weighted by Gasteiger charge is 2.25. The Hall–Kier alpha value is -0.790. The zero-order valence-corrected chi connectivity index (χ0v) is 11.2. The minimum Gasteiger partial charge on any atom is -0.356 e. The van der Waals surface area contributed by atoms with Gasteiger partial charge in [-0.25, -0.2) is 0 Å². The number of carbonyl (C=O) groups excluding carboxylic acids is 1. The van der Waals surface area contributed by atoms with Crippen LogP contribution in [-0.4, -0.2) is 12.5 Å². The van der Waals surface area contributed by atoms with Gasteiger partial charge in [-0.15, -0.1) is 6.58 Å². The first-order valence-corrected chi connectivity index (χ1v) is 7.16. The number of unbranched alkanes of at least 4 members (excludes halogenated alkanes) is 1. The molecule has 0 saturated heterocycles. The SMILES string of the molecule is C=CCCNC(=O)C1CCC(CCCC)CC1. The molecule has 0 radical (unpaired) electrons. The third kappa shape index (κ3) is 5.38. The molecule has 2 nitrogen and oxygen atoms in total. The predicted molar refractivity (Wildman–Crippen MR) is 72.8 cm³/mol. The molecule has 0 spiro atoms. The first-order valence-electron chi connectivity index (χ1n) is 7.16. The molecule has 1 aliphatic carbocycles. The van der Waals surface area contributed by atoms with E-state index in [2.05, 4.69) is 18.8 Å². The van der Waals surface area contributed by atoms with Crippen LogP contribution >= 0.6 is 0 Å². The summed E-state index contributed by atoms with van der Waals surface area (Å²) < 4.78 is 0. The van der Waals surface area contributed by atoms with Crippen molar-refractivity contribution in [3.05, 3.63) is 12.7 Å². The largest absolute Gasteiger partial charge is 0.356 e. The van der Waals surface area contributed by atoms with Crippen LogP contribution in [0.2, 0.25) is 0 Å². The van der Waals surface area contributed by atoms with Gasteiger partial charge >= 0.3 is 0 Å². The van der Waals surface area contributed by atoms with E-state index in [0.29, 0.717) is 0 Å². The smallest absolute Gasteiger partial charge is 0.223 e. The molecule has 0 aliphatic heterocycles. The van der Waals surface area contributed by atoms with Gasteiger partial charge in [0.2, 0.25) is 5.91 Å². The maximum absolute atomic E-state index is 11.8. The number of amides is 1. The summed E-state index contributed by atoms with van der Waals surface area (Å²) in [6.45, 7) is 6.65. The fraction of sp³-hybridized carbons (Fsp3) is 0.800. The monoisotopic (exact) mass is 237 g/mol. The van der Waals surface area contributed by atoms with Gasteiger partial charge in [0.15, 0.2) is 0 Å². The van der Waals surface area contributed by atoms with Crippen LogP contribution in [0.15, 0.2) is 12.7 Å². The Labute approximate surface area is 106 Å². The third-order valence-electron chi connectivity index (χ3n) is 3.83. The molecule has 1 aliphatic rings. The lowest BCUT2D eigenvalue weighted by atomic mass is 9.79. The van der Waals surface area contributed by atoms with Gasteiger partial charge in [0.05, 0.1) is 0 Å². The molecule has 0 aromatic carbocycles. The molecular weight excluding hydrogens is 210 g/mol. The molecule has 0 aromatic rings. The lowest BCUT2D eigenvalue weighted by Gasteiger charge is -2.27. The van der Waals surface area contributed by atoms with Crippen LogP contribution in [0.25, 0.3) is 0 Å². The van der Waals surface area contributed by atoms with Gasteiger partial charge < -0.3 is 5.32 Å². The van der Waals surface area contributed by atoms with E-state index in [0.717, 1.165) is 31.7 Å². The summed E-state index contributed by atoms with van der Waals surface area (Å²) in [6.07, 6.45) is 11.4. The Kier molecular flexibility index (Phi) is 6.99. The zero-order chi connectivity index (χ0) is 12.5. The minimum atomic E-state index is 0.265. The van der Waals surface area contributed by atoms with E-state index in [4.69, 9.17) is 0 Å². The number of carbonyl (C=O) groups is 1. The minimum absolute atomic E-state index is 0.265. The van der Waals surface area contributed by atoms with Crippen LogP contribution in [0.1, 0.15) is 58.3 Å². The van der Waals surface area contributed by atoms with Crippen molar-refractivity contribution >= 4 is 5.91 Å². The van der Waals surface area contributed by atoms with Gasteiger partial charge in [0, 0.05) is 12.5 Å². The van der Waals surface area contributed by atoms with Gasteiger partial charge in [0.25, 0.3) is 0 Å². The van der Waals surface area contributed by atoms with Gasteiger partial charge in [-0.3, -0.25) is 4.79 Å². The Morgan fingerprint density at radius 1 is 1.35 bits per heavy atom. The molecular formula is C15H27NO. The van der Waals surface area contributed by atoms with Crippen molar-refractivity contribution in [1.29, 1.82) is 0 Å². The van der Waals surface area contributed by atoms with Crippen molar-refractivity contribution < 1.29 is 4.79 Å². The van der Waals surface area contributed by atoms with Crippen LogP contribution in [0.5, 0.6) is 0 Å². The Bertz CT molecular complexity index is 229. The normalized spacial score (nSPS) is 24.3. The lowest BCUT2D eigenvalue weighted by molar-refractivity contribution is -0.126. The van der Waals surface area contributed by atoms with Crippen LogP contribution in [-0.2, 0) is 4.79 Å². The average molecular weight is 237 g/mol. The third-order valence-corrected chi connectivity index (χ3v) is 3.83. The molecule has 17 heavy (non-hydrogen) atoms. The molecule has 0 unspecified atom stereocenters. The Morgan fingerprint density at radius 3 is 2.65 bits per heavy atom. The average Bonchev–Trinajstić information content (AvgIpc) is 2.37. The summed E-state index contributed by atoms with van der Waals surface area (Å²) in [5, 5.41) is 3.00. The van der Waals surface area contributed by atoms with Crippen LogP contribution in [0, 0.1) is 11.8 Å². The summed E-state index contributed by atoms with van der Waals surface area (Å²) in [4.78, 5) is 11.8. The molecule has 0 heterocycles. The van der Waals surface area contributed by atoms with Crippen molar-refractivity contribution in [3.8, 4) is 0 Å². The molecule has 2 heteroatoms. The van der Waals surface area contributed by atoms with Crippen molar-refractivity contribution in [3.63, 3.8) is 0 Å². The highest BCUT2D eigenvalue weighted by molar-refractivity contribution is 5.78. The molecule has 0 bridgehead atoms. The van der Waals surface area contributed by atoms with Crippen molar-refractivity contribution in [1.82, 2.24) is 5.32 Å². The van der Waals surface area contributed by atoms with Gasteiger partial charge in [-0.05, 0) is 38.0 Å². The number of hydrogen-bond donors (Lipinski definition) is 1. The molecule has 1 fully saturated rings. The topological polar surface area (TPSA) is 29.1 Å². The summed E-state index contributed by atoms with van der Waals surface area (Å²) in [6, 6.07) is 0. The number of hydrogen-bond acceptors (Lipinski definition) is 1. The molecule has 0 atom stereocenters. The van der Waals surface area contributed by atoms with Crippen LogP contribution in [0.4, 0.5) is 0 Å². The molecule has 98 valence electrons. The fourth-order valence-corrected chi connectivity index (χ4v) is 2.65. The fourth-order valence-electron chi connectivity index (χ4n) is 2.65. The molecule has 1 amide bonds. The van der Waals surface area contributed by atoms with E-state index in [1.54, 1.807) is 0 Å². The first kappa shape index (κ1) is 14.3. The van der Waals surface area contributed by atoms with Crippen LogP contribution < -0.4 is 5.32 Å². The van der Waals surface area contributed by atoms with E-state index >= 15 is 0 Å². The molecule has 0 aromatic heterocycles. The highest BCUT2D eigenvalue weighted by atomic mass is 16.1. The summed E-state index contributed by atoms with van der Waals surface area (Å²) in [5.41, 5.74) is 0. The van der Waals surface area contributed by atoms with Crippen molar-refractivity contribution in [2.75, 3.05) is 6.54 Å². The number of rotatable bonds is 7. The molecule has 1 N–H and O–H groups in total. The number of nitrogens with one attached hydrogen (secondary N) is 1. The van der Waals surface area contributed by atoms with Crippen LogP contribution in [0.3, 0.4) is 0 Å². The van der Waals surface area contributed by atoms with Crippen molar-refractivity contribution in [2.24, 2.45) is 11.8 Å². The Balaban J connectivity index is 2.17. The highest BCUT2D eigenvalue weighted by Crippen LogP contribution is 2.31. The summed E-state index contributed by atoms with van der Waals surface area (Å²) in [5.74, 6) is 1.42.